The number of benzene rings is 2. The monoisotopic (exact) mass is 605 g/mol. The highest BCUT2D eigenvalue weighted by Crippen LogP contribution is 2.38. The van der Waals surface area contributed by atoms with Gasteiger partial charge in [-0.05, 0) is 85.9 Å². The third-order valence-electron chi connectivity index (χ3n) is 9.07. The van der Waals surface area contributed by atoms with E-state index in [4.69, 9.17) is 31.8 Å². The number of fused-ring (bicyclic) bond motifs is 3. The molecule has 43 heavy (non-hydrogen) atoms. The van der Waals surface area contributed by atoms with Crippen LogP contribution in [0.4, 0.5) is 11.8 Å². The predicted octanol–water partition coefficient (Wildman–Crippen LogP) is 5.09. The van der Waals surface area contributed by atoms with Gasteiger partial charge in [0.2, 0.25) is 5.95 Å². The van der Waals surface area contributed by atoms with Crippen LogP contribution >= 0.6 is 11.6 Å². The van der Waals surface area contributed by atoms with Crippen molar-refractivity contribution in [3.05, 3.63) is 64.2 Å². The van der Waals surface area contributed by atoms with Crippen molar-refractivity contribution in [1.82, 2.24) is 14.9 Å². The Morgan fingerprint density at radius 2 is 1.77 bits per heavy atom. The van der Waals surface area contributed by atoms with E-state index in [0.29, 0.717) is 30.1 Å². The molecule has 228 valence electrons. The van der Waals surface area contributed by atoms with Crippen LogP contribution in [0.15, 0.2) is 42.5 Å². The maximum absolute atomic E-state index is 11.2. The Balaban J connectivity index is 1.02. The average molecular weight is 606 g/mol. The summed E-state index contributed by atoms with van der Waals surface area (Å²) in [4.78, 5) is 25.4. The number of piperazine rings is 1. The number of carboxylic acid groups (broad SMARTS) is 1. The third kappa shape index (κ3) is 7.22. The van der Waals surface area contributed by atoms with Gasteiger partial charge in [0.1, 0.15) is 18.2 Å². The summed E-state index contributed by atoms with van der Waals surface area (Å²) >= 11 is 6.00. The fraction of sp³-hybridized carbons (Fsp3) is 0.485. The summed E-state index contributed by atoms with van der Waals surface area (Å²) < 4.78 is 12.1. The number of nitrogens with zero attached hydrogens (tertiary/aromatic N) is 4. The molecule has 1 aromatic heterocycles. The maximum Gasteiger partial charge on any atom is 0.306 e. The molecule has 3 aliphatic rings. The van der Waals surface area contributed by atoms with Crippen molar-refractivity contribution in [2.75, 3.05) is 56.6 Å². The number of anilines is 2. The number of halogens is 1. The SMILES string of the molecule is Nc1nc2c(c(N3CCN(CCOC[C@H]4CC[C@H](C(=O)O)CC4)CC3)n1)CCc1cc(OCc3ccc(Cl)cc3)ccc1-2. The van der Waals surface area contributed by atoms with E-state index < -0.39 is 5.97 Å². The fourth-order valence-corrected chi connectivity index (χ4v) is 6.64. The molecule has 0 bridgehead atoms. The van der Waals surface area contributed by atoms with Gasteiger partial charge in [0.25, 0.3) is 0 Å². The number of carbonyl (C=O) groups is 1. The van der Waals surface area contributed by atoms with Crippen LogP contribution in [0.25, 0.3) is 11.3 Å². The minimum absolute atomic E-state index is 0.170. The Bertz CT molecular complexity index is 1420. The molecular formula is C33H40ClN5O4. The third-order valence-corrected chi connectivity index (χ3v) is 9.32. The summed E-state index contributed by atoms with van der Waals surface area (Å²) in [6, 6.07) is 13.9. The Morgan fingerprint density at radius 1 is 1.00 bits per heavy atom. The van der Waals surface area contributed by atoms with Crippen molar-refractivity contribution in [1.29, 1.82) is 0 Å². The lowest BCUT2D eigenvalue weighted by atomic mass is 9.82. The molecule has 6 rings (SSSR count). The molecule has 9 nitrogen and oxygen atoms in total. The number of aryl methyl sites for hydroxylation is 1. The quantitative estimate of drug-likeness (QED) is 0.305. The van der Waals surface area contributed by atoms with Crippen LogP contribution in [-0.4, -0.2) is 71.9 Å². The lowest BCUT2D eigenvalue weighted by molar-refractivity contribution is -0.143. The topological polar surface area (TPSA) is 114 Å². The van der Waals surface area contributed by atoms with Crippen LogP contribution in [-0.2, 0) is 29.0 Å². The Morgan fingerprint density at radius 3 is 2.51 bits per heavy atom. The summed E-state index contributed by atoms with van der Waals surface area (Å²) in [5.41, 5.74) is 11.7. The first-order valence-corrected chi connectivity index (χ1v) is 15.8. The van der Waals surface area contributed by atoms with Gasteiger partial charge in [0, 0.05) is 55.5 Å². The van der Waals surface area contributed by atoms with E-state index >= 15 is 0 Å². The molecule has 0 unspecified atom stereocenters. The minimum atomic E-state index is -0.653. The van der Waals surface area contributed by atoms with Gasteiger partial charge in [0.05, 0.1) is 18.2 Å². The standard InChI is InChI=1S/C33H40ClN5O4/c34-26-8-3-23(4-9-26)21-43-27-10-12-28-25(19-27)7-11-29-30(28)36-33(35)37-31(29)39-15-13-38(14-16-39)17-18-42-20-22-1-5-24(6-2-22)32(40)41/h3-4,8-10,12,19,22,24H,1-2,5-7,11,13-18,20-21H2,(H,40,41)(H2,35,36,37)/t22-,24-. The van der Waals surface area contributed by atoms with Crippen LogP contribution < -0.4 is 15.4 Å². The van der Waals surface area contributed by atoms with Crippen molar-refractivity contribution in [3.63, 3.8) is 0 Å². The van der Waals surface area contributed by atoms with Gasteiger partial charge in [0.15, 0.2) is 0 Å². The van der Waals surface area contributed by atoms with E-state index in [1.165, 1.54) is 11.1 Å². The number of hydrogen-bond donors (Lipinski definition) is 2. The van der Waals surface area contributed by atoms with Crippen molar-refractivity contribution in [2.45, 2.75) is 45.1 Å². The van der Waals surface area contributed by atoms with Crippen LogP contribution in [0.1, 0.15) is 42.4 Å². The van der Waals surface area contributed by atoms with Gasteiger partial charge in [-0.25, -0.2) is 4.98 Å². The highest BCUT2D eigenvalue weighted by molar-refractivity contribution is 6.30. The zero-order valence-electron chi connectivity index (χ0n) is 24.5. The molecule has 1 saturated heterocycles. The number of aromatic nitrogens is 2. The van der Waals surface area contributed by atoms with Crippen LogP contribution in [0, 0.1) is 11.8 Å². The molecule has 0 spiro atoms. The van der Waals surface area contributed by atoms with Gasteiger partial charge in [-0.15, -0.1) is 0 Å². The normalized spacial score (nSPS) is 20.3. The molecule has 1 aliphatic heterocycles. The summed E-state index contributed by atoms with van der Waals surface area (Å²) in [5, 5.41) is 9.90. The van der Waals surface area contributed by atoms with E-state index in [-0.39, 0.29) is 5.92 Å². The Kier molecular flexibility index (Phi) is 9.31. The number of aliphatic carboxylic acids is 1. The van der Waals surface area contributed by atoms with E-state index in [0.717, 1.165) is 106 Å². The summed E-state index contributed by atoms with van der Waals surface area (Å²) in [6.07, 6.45) is 5.21. The molecule has 2 fully saturated rings. The van der Waals surface area contributed by atoms with Gasteiger partial charge in [-0.1, -0.05) is 23.7 Å². The van der Waals surface area contributed by atoms with Crippen molar-refractivity contribution in [2.24, 2.45) is 11.8 Å². The summed E-state index contributed by atoms with van der Waals surface area (Å²) in [7, 11) is 0. The average Bonchev–Trinajstić information content (AvgIpc) is 3.03. The molecule has 0 radical (unpaired) electrons. The number of rotatable bonds is 10. The molecule has 1 saturated carbocycles. The predicted molar refractivity (Wildman–Crippen MR) is 168 cm³/mol. The molecule has 2 aliphatic carbocycles. The minimum Gasteiger partial charge on any atom is -0.489 e. The van der Waals surface area contributed by atoms with Crippen molar-refractivity contribution < 1.29 is 19.4 Å². The molecule has 10 heteroatoms. The maximum atomic E-state index is 11.2. The first-order chi connectivity index (χ1) is 20.9. The number of nitrogens with two attached hydrogens (primary N) is 1. The zero-order chi connectivity index (χ0) is 29.8. The second-order valence-corrected chi connectivity index (χ2v) is 12.4. The second-order valence-electron chi connectivity index (χ2n) is 11.9. The molecular weight excluding hydrogens is 566 g/mol. The highest BCUT2D eigenvalue weighted by atomic mass is 35.5. The van der Waals surface area contributed by atoms with E-state index in [1.54, 1.807) is 0 Å². The fourth-order valence-electron chi connectivity index (χ4n) is 6.51. The molecule has 3 N–H and O–H groups in total. The molecule has 0 atom stereocenters. The lowest BCUT2D eigenvalue weighted by Gasteiger charge is -2.37. The second kappa shape index (κ2) is 13.5. The Labute approximate surface area is 258 Å². The van der Waals surface area contributed by atoms with E-state index in [2.05, 4.69) is 26.9 Å². The van der Waals surface area contributed by atoms with E-state index in [9.17, 15) is 9.90 Å². The van der Waals surface area contributed by atoms with Crippen LogP contribution in [0.5, 0.6) is 5.75 Å². The number of hydrogen-bond acceptors (Lipinski definition) is 8. The largest absolute Gasteiger partial charge is 0.489 e. The number of ether oxygens (including phenoxy) is 2. The van der Waals surface area contributed by atoms with Crippen molar-refractivity contribution in [3.8, 4) is 17.0 Å². The van der Waals surface area contributed by atoms with Gasteiger partial charge in [-0.2, -0.15) is 4.98 Å². The molecule has 3 aromatic rings. The smallest absolute Gasteiger partial charge is 0.306 e. The lowest BCUT2D eigenvalue weighted by Crippen LogP contribution is -2.48. The molecule has 2 aromatic carbocycles. The number of nitrogen functional groups attached to an aromatic ring is 1. The van der Waals surface area contributed by atoms with E-state index in [1.807, 2.05) is 30.3 Å². The van der Waals surface area contributed by atoms with Gasteiger partial charge < -0.3 is 25.2 Å². The first kappa shape index (κ1) is 29.7. The number of carboxylic acids is 1. The van der Waals surface area contributed by atoms with Crippen molar-refractivity contribution >= 4 is 29.3 Å². The summed E-state index contributed by atoms with van der Waals surface area (Å²) in [5.74, 6) is 1.77. The van der Waals surface area contributed by atoms with Crippen LogP contribution in [0.3, 0.4) is 0 Å². The molecule has 2 heterocycles. The molecule has 0 amide bonds. The first-order valence-electron chi connectivity index (χ1n) is 15.4. The Hall–Kier alpha value is -3.40. The zero-order valence-corrected chi connectivity index (χ0v) is 25.3. The summed E-state index contributed by atoms with van der Waals surface area (Å²) in [6.45, 7) is 6.47. The van der Waals surface area contributed by atoms with Gasteiger partial charge >= 0.3 is 5.97 Å². The van der Waals surface area contributed by atoms with Gasteiger partial charge in [-0.3, -0.25) is 9.69 Å². The highest BCUT2D eigenvalue weighted by Gasteiger charge is 2.28. The van der Waals surface area contributed by atoms with Crippen LogP contribution in [0.2, 0.25) is 5.02 Å².